The molecule has 0 aliphatic carbocycles. The number of hydrogen-bond donors (Lipinski definition) is 2. The molecule has 26 heavy (non-hydrogen) atoms. The Morgan fingerprint density at radius 3 is 2.15 bits per heavy atom. The largest absolute Gasteiger partial charge is 0.345 e. The predicted molar refractivity (Wildman–Crippen MR) is 100 cm³/mol. The SMILES string of the molecule is Cc1nn(C)c(C)c1[C@H](C)NC(=O)c1ccc(S(=O)(=O)NC(C)C)cc1. The van der Waals surface area contributed by atoms with Crippen LogP contribution in [0.15, 0.2) is 29.2 Å². The number of carbonyl (C=O) groups excluding carboxylic acids is 1. The minimum atomic E-state index is -3.57. The van der Waals surface area contributed by atoms with Crippen molar-refractivity contribution in [1.82, 2.24) is 19.8 Å². The van der Waals surface area contributed by atoms with Crippen LogP contribution < -0.4 is 10.0 Å². The highest BCUT2D eigenvalue weighted by Crippen LogP contribution is 2.21. The summed E-state index contributed by atoms with van der Waals surface area (Å²) in [5, 5.41) is 7.31. The maximum Gasteiger partial charge on any atom is 0.251 e. The van der Waals surface area contributed by atoms with Crippen LogP contribution in [-0.2, 0) is 17.1 Å². The number of nitrogens with one attached hydrogen (secondary N) is 2. The Morgan fingerprint density at radius 1 is 1.12 bits per heavy atom. The van der Waals surface area contributed by atoms with Crippen LogP contribution in [0.3, 0.4) is 0 Å². The third-order valence-electron chi connectivity index (χ3n) is 4.16. The van der Waals surface area contributed by atoms with Gasteiger partial charge in [-0.15, -0.1) is 0 Å². The lowest BCUT2D eigenvalue weighted by Crippen LogP contribution is -2.30. The number of nitrogens with zero attached hydrogens (tertiary/aromatic N) is 2. The van der Waals surface area contributed by atoms with Crippen LogP contribution in [0.25, 0.3) is 0 Å². The second kappa shape index (κ2) is 7.59. The lowest BCUT2D eigenvalue weighted by atomic mass is 10.1. The molecule has 0 bridgehead atoms. The molecule has 0 fully saturated rings. The molecular formula is C18H26N4O3S. The van der Waals surface area contributed by atoms with Gasteiger partial charge in [0.2, 0.25) is 10.0 Å². The molecule has 2 aromatic rings. The van der Waals surface area contributed by atoms with E-state index in [9.17, 15) is 13.2 Å². The van der Waals surface area contributed by atoms with Gasteiger partial charge in [-0.1, -0.05) is 0 Å². The standard InChI is InChI=1S/C18H26N4O3S/c1-11(2)21-26(24,25)16-9-7-15(8-10-16)18(23)19-12(3)17-13(4)20-22(6)14(17)5/h7-12,21H,1-6H3,(H,19,23)/t12-/m0/s1. The molecule has 8 heteroatoms. The van der Waals surface area contributed by atoms with Crippen molar-refractivity contribution >= 4 is 15.9 Å². The summed E-state index contributed by atoms with van der Waals surface area (Å²) in [4.78, 5) is 12.6. The number of aryl methyl sites for hydroxylation is 2. The van der Waals surface area contributed by atoms with E-state index in [1.807, 2.05) is 27.8 Å². The topological polar surface area (TPSA) is 93.1 Å². The molecule has 0 spiro atoms. The molecule has 142 valence electrons. The Morgan fingerprint density at radius 2 is 1.69 bits per heavy atom. The van der Waals surface area contributed by atoms with Crippen LogP contribution in [-0.4, -0.2) is 30.1 Å². The van der Waals surface area contributed by atoms with E-state index < -0.39 is 10.0 Å². The van der Waals surface area contributed by atoms with Crippen molar-refractivity contribution in [3.8, 4) is 0 Å². The van der Waals surface area contributed by atoms with E-state index in [1.165, 1.54) is 24.3 Å². The van der Waals surface area contributed by atoms with Crippen molar-refractivity contribution in [2.45, 2.75) is 51.6 Å². The van der Waals surface area contributed by atoms with Crippen LogP contribution in [0.1, 0.15) is 54.1 Å². The summed E-state index contributed by atoms with van der Waals surface area (Å²) in [6, 6.07) is 5.49. The van der Waals surface area contributed by atoms with E-state index in [1.54, 1.807) is 18.5 Å². The maximum absolute atomic E-state index is 12.5. The number of rotatable bonds is 6. The molecule has 2 N–H and O–H groups in total. The van der Waals surface area contributed by atoms with E-state index in [-0.39, 0.29) is 22.9 Å². The molecule has 0 radical (unpaired) electrons. The Bertz CT molecular complexity index is 899. The van der Waals surface area contributed by atoms with Gasteiger partial charge in [0.1, 0.15) is 0 Å². The summed E-state index contributed by atoms with van der Waals surface area (Å²) < 4.78 is 28.6. The zero-order valence-corrected chi connectivity index (χ0v) is 16.8. The van der Waals surface area contributed by atoms with Gasteiger partial charge >= 0.3 is 0 Å². The predicted octanol–water partition coefficient (Wildman–Crippen LogP) is 2.21. The second-order valence-corrected chi connectivity index (χ2v) is 8.42. The summed E-state index contributed by atoms with van der Waals surface area (Å²) in [6.07, 6.45) is 0. The van der Waals surface area contributed by atoms with Crippen molar-refractivity contribution in [2.75, 3.05) is 0 Å². The molecule has 1 amide bonds. The summed E-state index contributed by atoms with van der Waals surface area (Å²) >= 11 is 0. The average Bonchev–Trinajstić information content (AvgIpc) is 2.78. The van der Waals surface area contributed by atoms with E-state index in [0.717, 1.165) is 17.0 Å². The lowest BCUT2D eigenvalue weighted by Gasteiger charge is -2.15. The van der Waals surface area contributed by atoms with E-state index in [4.69, 9.17) is 0 Å². The van der Waals surface area contributed by atoms with Crippen LogP contribution in [0.2, 0.25) is 0 Å². The summed E-state index contributed by atoms with van der Waals surface area (Å²) in [7, 11) is -1.70. The minimum Gasteiger partial charge on any atom is -0.345 e. The molecule has 2 rings (SSSR count). The maximum atomic E-state index is 12.5. The zero-order chi connectivity index (χ0) is 19.6. The Balaban J connectivity index is 2.15. The molecule has 1 atom stereocenters. The minimum absolute atomic E-state index is 0.134. The fourth-order valence-electron chi connectivity index (χ4n) is 2.93. The van der Waals surface area contributed by atoms with E-state index >= 15 is 0 Å². The first-order valence-corrected chi connectivity index (χ1v) is 9.94. The lowest BCUT2D eigenvalue weighted by molar-refractivity contribution is 0.0939. The fraction of sp³-hybridized carbons (Fsp3) is 0.444. The molecule has 1 heterocycles. The quantitative estimate of drug-likeness (QED) is 0.806. The van der Waals surface area contributed by atoms with Gasteiger partial charge in [0.05, 0.1) is 16.6 Å². The highest BCUT2D eigenvalue weighted by molar-refractivity contribution is 7.89. The Labute approximate surface area is 154 Å². The van der Waals surface area contributed by atoms with Crippen LogP contribution in [0.5, 0.6) is 0 Å². The monoisotopic (exact) mass is 378 g/mol. The van der Waals surface area contributed by atoms with Crippen LogP contribution >= 0.6 is 0 Å². The molecular weight excluding hydrogens is 352 g/mol. The summed E-state index contributed by atoms with van der Waals surface area (Å²) in [5.41, 5.74) is 3.26. The van der Waals surface area contributed by atoms with Crippen molar-refractivity contribution in [1.29, 1.82) is 0 Å². The van der Waals surface area contributed by atoms with Gasteiger partial charge in [0, 0.05) is 29.9 Å². The van der Waals surface area contributed by atoms with Gasteiger partial charge in [-0.05, 0) is 58.9 Å². The first-order valence-electron chi connectivity index (χ1n) is 8.46. The first-order chi connectivity index (χ1) is 12.0. The Hall–Kier alpha value is -2.19. The zero-order valence-electron chi connectivity index (χ0n) is 16.0. The van der Waals surface area contributed by atoms with Gasteiger partial charge in [0.15, 0.2) is 0 Å². The smallest absolute Gasteiger partial charge is 0.251 e. The second-order valence-electron chi connectivity index (χ2n) is 6.70. The third-order valence-corrected chi connectivity index (χ3v) is 5.84. The van der Waals surface area contributed by atoms with Gasteiger partial charge in [-0.25, -0.2) is 13.1 Å². The molecule has 0 saturated heterocycles. The van der Waals surface area contributed by atoms with Crippen molar-refractivity contribution < 1.29 is 13.2 Å². The number of hydrogen-bond acceptors (Lipinski definition) is 4. The molecule has 0 aliphatic rings. The van der Waals surface area contributed by atoms with Gasteiger partial charge < -0.3 is 5.32 Å². The normalized spacial score (nSPS) is 13.0. The molecule has 1 aromatic heterocycles. The highest BCUT2D eigenvalue weighted by Gasteiger charge is 2.20. The highest BCUT2D eigenvalue weighted by atomic mass is 32.2. The first kappa shape index (κ1) is 20.1. The number of aromatic nitrogens is 2. The van der Waals surface area contributed by atoms with Crippen molar-refractivity contribution in [3.63, 3.8) is 0 Å². The third kappa shape index (κ3) is 4.31. The van der Waals surface area contributed by atoms with Gasteiger partial charge in [-0.3, -0.25) is 9.48 Å². The molecule has 0 unspecified atom stereocenters. The molecule has 1 aromatic carbocycles. The van der Waals surface area contributed by atoms with Crippen LogP contribution in [0.4, 0.5) is 0 Å². The van der Waals surface area contributed by atoms with Gasteiger partial charge in [-0.2, -0.15) is 5.10 Å². The number of sulfonamides is 1. The van der Waals surface area contributed by atoms with E-state index in [2.05, 4.69) is 15.1 Å². The number of carbonyl (C=O) groups is 1. The summed E-state index contributed by atoms with van der Waals surface area (Å²) in [5.74, 6) is -0.263. The van der Waals surface area contributed by atoms with Crippen LogP contribution in [0, 0.1) is 13.8 Å². The molecule has 7 nitrogen and oxygen atoms in total. The number of benzene rings is 1. The molecule has 0 saturated carbocycles. The van der Waals surface area contributed by atoms with Crippen molar-refractivity contribution in [2.24, 2.45) is 7.05 Å². The van der Waals surface area contributed by atoms with Crippen molar-refractivity contribution in [3.05, 3.63) is 46.8 Å². The summed E-state index contributed by atoms with van der Waals surface area (Å²) in [6.45, 7) is 9.28. The fourth-order valence-corrected chi connectivity index (χ4v) is 4.18. The number of amides is 1. The average molecular weight is 378 g/mol. The Kier molecular flexibility index (Phi) is 5.87. The van der Waals surface area contributed by atoms with Gasteiger partial charge in [0.25, 0.3) is 5.91 Å². The van der Waals surface area contributed by atoms with E-state index in [0.29, 0.717) is 5.56 Å². The molecule has 0 aliphatic heterocycles.